The average Bonchev–Trinajstić information content (AvgIpc) is 3.56. The Morgan fingerprint density at radius 1 is 1.11 bits per heavy atom. The Labute approximate surface area is 212 Å². The van der Waals surface area contributed by atoms with Gasteiger partial charge in [0.05, 0.1) is 11.4 Å². The van der Waals surface area contributed by atoms with Gasteiger partial charge in [-0.05, 0) is 75.4 Å². The predicted molar refractivity (Wildman–Crippen MR) is 146 cm³/mol. The molecule has 7 nitrogen and oxygen atoms in total. The standard InChI is InChI=1S/C29H33N7/c1-4-20(2)34-15-12-22-10-11-23(17-24(22)19-34)25-18-26(29-30-13-16-36(29)33-25)31-27-8-5-9-28(32-27)35-14-6-7-21(35)3/h4-5,8-11,13,16-18,21H,6-7,12,14-15,19H2,1-3H3,(H,31,32)/b20-4-. The Bertz CT molecular complexity index is 1440. The van der Waals surface area contributed by atoms with Crippen LogP contribution >= 0.6 is 0 Å². The van der Waals surface area contributed by atoms with Gasteiger partial charge in [-0.25, -0.2) is 14.5 Å². The Morgan fingerprint density at radius 2 is 2.03 bits per heavy atom. The summed E-state index contributed by atoms with van der Waals surface area (Å²) in [7, 11) is 0. The summed E-state index contributed by atoms with van der Waals surface area (Å²) in [5, 5.41) is 8.42. The summed E-state index contributed by atoms with van der Waals surface area (Å²) >= 11 is 0. The highest BCUT2D eigenvalue weighted by molar-refractivity contribution is 5.77. The van der Waals surface area contributed by atoms with Crippen LogP contribution < -0.4 is 10.2 Å². The second-order valence-corrected chi connectivity index (χ2v) is 9.91. The molecular formula is C29H33N7. The molecule has 1 fully saturated rings. The number of pyridine rings is 1. The summed E-state index contributed by atoms with van der Waals surface area (Å²) in [6, 6.07) is 15.6. The van der Waals surface area contributed by atoms with Crippen molar-refractivity contribution in [3.63, 3.8) is 0 Å². The van der Waals surface area contributed by atoms with Gasteiger partial charge in [-0.15, -0.1) is 0 Å². The van der Waals surface area contributed by atoms with Gasteiger partial charge in [0.15, 0.2) is 5.65 Å². The van der Waals surface area contributed by atoms with Crippen molar-refractivity contribution in [1.82, 2.24) is 24.5 Å². The number of allylic oxidation sites excluding steroid dienone is 2. The van der Waals surface area contributed by atoms with Gasteiger partial charge >= 0.3 is 0 Å². The molecule has 2 aliphatic heterocycles. The highest BCUT2D eigenvalue weighted by Crippen LogP contribution is 2.31. The van der Waals surface area contributed by atoms with Crippen molar-refractivity contribution in [2.24, 2.45) is 0 Å². The number of hydrogen-bond donors (Lipinski definition) is 1. The molecule has 0 saturated carbocycles. The molecule has 4 aromatic rings. The second-order valence-electron chi connectivity index (χ2n) is 9.91. The van der Waals surface area contributed by atoms with Gasteiger partial charge < -0.3 is 15.1 Å². The molecule has 0 spiro atoms. The molecule has 3 aromatic heterocycles. The molecular weight excluding hydrogens is 446 g/mol. The van der Waals surface area contributed by atoms with E-state index in [1.807, 2.05) is 16.8 Å². The fourth-order valence-corrected chi connectivity index (χ4v) is 5.41. The lowest BCUT2D eigenvalue weighted by Crippen LogP contribution is -2.28. The van der Waals surface area contributed by atoms with Crippen LogP contribution in [-0.4, -0.2) is 43.6 Å². The molecule has 1 N–H and O–H groups in total. The number of nitrogens with zero attached hydrogens (tertiary/aromatic N) is 6. The first-order valence-electron chi connectivity index (χ1n) is 12.9. The Kier molecular flexibility index (Phi) is 5.83. The molecule has 36 heavy (non-hydrogen) atoms. The van der Waals surface area contributed by atoms with E-state index >= 15 is 0 Å². The lowest BCUT2D eigenvalue weighted by atomic mass is 9.96. The van der Waals surface area contributed by atoms with Crippen molar-refractivity contribution in [3.05, 3.63) is 77.8 Å². The van der Waals surface area contributed by atoms with Crippen LogP contribution in [0.2, 0.25) is 0 Å². The third-order valence-corrected chi connectivity index (χ3v) is 7.63. The summed E-state index contributed by atoms with van der Waals surface area (Å²) < 4.78 is 1.85. The van der Waals surface area contributed by atoms with E-state index in [9.17, 15) is 0 Å². The molecule has 184 valence electrons. The molecule has 1 aromatic carbocycles. The van der Waals surface area contributed by atoms with Crippen LogP contribution in [0.1, 0.15) is 44.7 Å². The first-order chi connectivity index (χ1) is 17.6. The van der Waals surface area contributed by atoms with E-state index < -0.39 is 0 Å². The fraction of sp³-hybridized carbons (Fsp3) is 0.345. The smallest absolute Gasteiger partial charge is 0.177 e. The maximum atomic E-state index is 4.93. The molecule has 0 bridgehead atoms. The number of fused-ring (bicyclic) bond motifs is 2. The summed E-state index contributed by atoms with van der Waals surface area (Å²) in [5.74, 6) is 1.84. The minimum atomic E-state index is 0.524. The zero-order chi connectivity index (χ0) is 24.6. The van der Waals surface area contributed by atoms with Gasteiger partial charge in [0.1, 0.15) is 11.6 Å². The lowest BCUT2D eigenvalue weighted by Gasteiger charge is -2.31. The Hall–Kier alpha value is -3.87. The van der Waals surface area contributed by atoms with Crippen molar-refractivity contribution in [1.29, 1.82) is 0 Å². The minimum Gasteiger partial charge on any atom is -0.371 e. The highest BCUT2D eigenvalue weighted by atomic mass is 15.3. The van der Waals surface area contributed by atoms with Crippen molar-refractivity contribution in [3.8, 4) is 11.3 Å². The van der Waals surface area contributed by atoms with Crippen molar-refractivity contribution in [2.45, 2.75) is 52.6 Å². The molecule has 1 unspecified atom stereocenters. The van der Waals surface area contributed by atoms with Crippen LogP contribution in [0.3, 0.4) is 0 Å². The van der Waals surface area contributed by atoms with Crippen LogP contribution in [0.4, 0.5) is 17.3 Å². The van der Waals surface area contributed by atoms with Gasteiger partial charge in [-0.2, -0.15) is 5.10 Å². The van der Waals surface area contributed by atoms with E-state index in [0.29, 0.717) is 6.04 Å². The van der Waals surface area contributed by atoms with Crippen LogP contribution in [0.25, 0.3) is 16.9 Å². The molecule has 6 rings (SSSR count). The van der Waals surface area contributed by atoms with Crippen molar-refractivity contribution in [2.75, 3.05) is 23.3 Å². The summed E-state index contributed by atoms with van der Waals surface area (Å²) in [6.45, 7) is 9.63. The number of aromatic nitrogens is 4. The third-order valence-electron chi connectivity index (χ3n) is 7.63. The zero-order valence-electron chi connectivity index (χ0n) is 21.3. The largest absolute Gasteiger partial charge is 0.371 e. The summed E-state index contributed by atoms with van der Waals surface area (Å²) in [6.07, 6.45) is 9.38. The van der Waals surface area contributed by atoms with E-state index in [1.165, 1.54) is 29.7 Å². The van der Waals surface area contributed by atoms with Crippen LogP contribution in [0.15, 0.2) is 66.6 Å². The van der Waals surface area contributed by atoms with Gasteiger partial charge in [0.2, 0.25) is 0 Å². The number of hydrogen-bond acceptors (Lipinski definition) is 6. The SMILES string of the molecule is C/C=C(/C)N1CCc2ccc(-c3cc(Nc4cccc(N5CCCC5C)n4)c4nccn4n3)cc2C1. The number of nitrogens with one attached hydrogen (secondary N) is 1. The van der Waals surface area contributed by atoms with Gasteiger partial charge in [0.25, 0.3) is 0 Å². The second kappa shape index (κ2) is 9.30. The summed E-state index contributed by atoms with van der Waals surface area (Å²) in [5.41, 5.74) is 7.83. The minimum absolute atomic E-state index is 0.524. The average molecular weight is 480 g/mol. The number of anilines is 3. The van der Waals surface area contributed by atoms with Crippen molar-refractivity contribution >= 4 is 23.0 Å². The summed E-state index contributed by atoms with van der Waals surface area (Å²) in [4.78, 5) is 14.3. The van der Waals surface area contributed by atoms with Gasteiger partial charge in [-0.1, -0.05) is 24.3 Å². The van der Waals surface area contributed by atoms with Crippen LogP contribution in [-0.2, 0) is 13.0 Å². The number of imidazole rings is 1. The highest BCUT2D eigenvalue weighted by Gasteiger charge is 2.22. The van der Waals surface area contributed by atoms with Crippen molar-refractivity contribution < 1.29 is 0 Å². The van der Waals surface area contributed by atoms with E-state index in [0.717, 1.165) is 60.3 Å². The number of rotatable bonds is 5. The van der Waals surface area contributed by atoms with Gasteiger partial charge in [0, 0.05) is 49.3 Å². The van der Waals surface area contributed by atoms with Crippen LogP contribution in [0.5, 0.6) is 0 Å². The van der Waals surface area contributed by atoms with E-state index in [1.54, 1.807) is 6.20 Å². The van der Waals surface area contributed by atoms with E-state index in [2.05, 4.69) is 83.3 Å². The first kappa shape index (κ1) is 22.6. The first-order valence-corrected chi connectivity index (χ1v) is 12.9. The number of benzene rings is 1. The molecule has 7 heteroatoms. The normalized spacial score (nSPS) is 18.1. The van der Waals surface area contributed by atoms with Gasteiger partial charge in [-0.3, -0.25) is 0 Å². The molecule has 0 aliphatic carbocycles. The van der Waals surface area contributed by atoms with E-state index in [-0.39, 0.29) is 0 Å². The maximum absolute atomic E-state index is 4.93. The topological polar surface area (TPSA) is 61.6 Å². The van der Waals surface area contributed by atoms with Crippen LogP contribution in [0, 0.1) is 0 Å². The zero-order valence-corrected chi connectivity index (χ0v) is 21.3. The third kappa shape index (κ3) is 4.19. The quantitative estimate of drug-likeness (QED) is 0.390. The Balaban J connectivity index is 1.34. The maximum Gasteiger partial charge on any atom is 0.177 e. The predicted octanol–water partition coefficient (Wildman–Crippen LogP) is 5.81. The molecule has 2 aliphatic rings. The molecule has 0 amide bonds. The van der Waals surface area contributed by atoms with E-state index in [4.69, 9.17) is 10.1 Å². The molecule has 1 atom stereocenters. The Morgan fingerprint density at radius 3 is 2.86 bits per heavy atom. The molecule has 0 radical (unpaired) electrons. The monoisotopic (exact) mass is 479 g/mol. The molecule has 1 saturated heterocycles. The lowest BCUT2D eigenvalue weighted by molar-refractivity contribution is 0.322. The molecule has 5 heterocycles. The fourth-order valence-electron chi connectivity index (χ4n) is 5.41.